The van der Waals surface area contributed by atoms with Gasteiger partial charge in [0, 0.05) is 23.0 Å². The minimum atomic E-state index is 0.532. The average Bonchev–Trinajstić information content (AvgIpc) is 2.40. The first-order valence-electron chi connectivity index (χ1n) is 6.82. The van der Waals surface area contributed by atoms with Crippen LogP contribution in [-0.4, -0.2) is 22.6 Å². The first-order chi connectivity index (χ1) is 9.15. The molecule has 0 aliphatic carbocycles. The fraction of sp³-hybridized carbons (Fsp3) is 0.467. The fourth-order valence-corrected chi connectivity index (χ4v) is 2.99. The normalized spacial score (nSPS) is 23.8. The predicted octanol–water partition coefficient (Wildman–Crippen LogP) is 3.91. The minimum absolute atomic E-state index is 0.532. The summed E-state index contributed by atoms with van der Waals surface area (Å²) < 4.78 is 0. The van der Waals surface area contributed by atoms with Crippen molar-refractivity contribution in [2.75, 3.05) is 11.4 Å². The van der Waals surface area contributed by atoms with Crippen molar-refractivity contribution in [3.63, 3.8) is 0 Å². The van der Waals surface area contributed by atoms with Crippen molar-refractivity contribution in [2.45, 2.75) is 32.7 Å². The molecule has 2 unspecified atom stereocenters. The van der Waals surface area contributed by atoms with Gasteiger partial charge in [-0.25, -0.2) is 9.97 Å². The van der Waals surface area contributed by atoms with Gasteiger partial charge in [-0.2, -0.15) is 0 Å². The molecule has 0 bridgehead atoms. The highest BCUT2D eigenvalue weighted by Crippen LogP contribution is 2.31. The second-order valence-electron chi connectivity index (χ2n) is 5.54. The maximum atomic E-state index is 6.03. The summed E-state index contributed by atoms with van der Waals surface area (Å²) in [7, 11) is 0. The summed E-state index contributed by atoms with van der Waals surface area (Å²) in [6, 6.07) is 6.37. The van der Waals surface area contributed by atoms with Crippen molar-refractivity contribution in [3.8, 4) is 0 Å². The van der Waals surface area contributed by atoms with E-state index in [4.69, 9.17) is 11.6 Å². The van der Waals surface area contributed by atoms with E-state index in [-0.39, 0.29) is 0 Å². The molecule has 1 fully saturated rings. The van der Waals surface area contributed by atoms with Gasteiger partial charge in [-0.05, 0) is 43.9 Å². The third kappa shape index (κ3) is 2.39. The summed E-state index contributed by atoms with van der Waals surface area (Å²) in [5.74, 6) is 1.76. The lowest BCUT2D eigenvalue weighted by Crippen LogP contribution is -2.41. The van der Waals surface area contributed by atoms with Gasteiger partial charge in [0.25, 0.3) is 0 Å². The molecule has 4 heteroatoms. The molecule has 1 aliphatic rings. The molecule has 0 N–H and O–H groups in total. The average molecular weight is 276 g/mol. The van der Waals surface area contributed by atoms with Crippen LogP contribution in [0, 0.1) is 5.92 Å². The van der Waals surface area contributed by atoms with Gasteiger partial charge in [-0.15, -0.1) is 0 Å². The Balaban J connectivity index is 2.09. The molecule has 1 aromatic heterocycles. The van der Waals surface area contributed by atoms with E-state index in [1.165, 1.54) is 12.8 Å². The number of hydrogen-bond acceptors (Lipinski definition) is 3. The second-order valence-corrected chi connectivity index (χ2v) is 5.98. The molecule has 0 saturated carbocycles. The number of benzene rings is 1. The zero-order chi connectivity index (χ0) is 13.4. The van der Waals surface area contributed by atoms with E-state index < -0.39 is 0 Å². The molecule has 0 amide bonds. The predicted molar refractivity (Wildman–Crippen MR) is 79.8 cm³/mol. The lowest BCUT2D eigenvalue weighted by Gasteiger charge is -2.38. The van der Waals surface area contributed by atoms with Crippen molar-refractivity contribution in [1.82, 2.24) is 9.97 Å². The maximum Gasteiger partial charge on any atom is 0.140 e. The highest BCUT2D eigenvalue weighted by Gasteiger charge is 2.25. The monoisotopic (exact) mass is 275 g/mol. The molecule has 1 saturated heterocycles. The molecule has 1 aliphatic heterocycles. The molecule has 3 nitrogen and oxygen atoms in total. The Morgan fingerprint density at radius 2 is 2.05 bits per heavy atom. The zero-order valence-corrected chi connectivity index (χ0v) is 12.1. The Hall–Kier alpha value is -1.35. The van der Waals surface area contributed by atoms with Crippen LogP contribution in [0.15, 0.2) is 24.5 Å². The number of nitrogens with zero attached hydrogens (tertiary/aromatic N) is 3. The number of aromatic nitrogens is 2. The Morgan fingerprint density at radius 1 is 1.21 bits per heavy atom. The van der Waals surface area contributed by atoms with Gasteiger partial charge in [-0.3, -0.25) is 0 Å². The van der Waals surface area contributed by atoms with Crippen molar-refractivity contribution >= 4 is 28.3 Å². The van der Waals surface area contributed by atoms with E-state index in [9.17, 15) is 0 Å². The summed E-state index contributed by atoms with van der Waals surface area (Å²) in [5.41, 5.74) is 0.919. The third-order valence-electron chi connectivity index (χ3n) is 3.97. The molecule has 3 rings (SSSR count). The highest BCUT2D eigenvalue weighted by molar-refractivity contribution is 6.31. The number of anilines is 1. The highest BCUT2D eigenvalue weighted by atomic mass is 35.5. The number of rotatable bonds is 1. The van der Waals surface area contributed by atoms with Gasteiger partial charge in [0.2, 0.25) is 0 Å². The molecule has 2 heterocycles. The van der Waals surface area contributed by atoms with E-state index in [1.54, 1.807) is 6.33 Å². The Morgan fingerprint density at radius 3 is 2.89 bits per heavy atom. The van der Waals surface area contributed by atoms with Crippen LogP contribution in [0.1, 0.15) is 26.7 Å². The smallest absolute Gasteiger partial charge is 0.140 e. The lowest BCUT2D eigenvalue weighted by atomic mass is 9.95. The summed E-state index contributed by atoms with van der Waals surface area (Å²) in [4.78, 5) is 11.2. The summed E-state index contributed by atoms with van der Waals surface area (Å²) in [5, 5.41) is 1.81. The number of halogens is 1. The summed E-state index contributed by atoms with van der Waals surface area (Å²) >= 11 is 6.03. The van der Waals surface area contributed by atoms with Crippen molar-refractivity contribution in [2.24, 2.45) is 5.92 Å². The van der Waals surface area contributed by atoms with Gasteiger partial charge < -0.3 is 4.90 Å². The fourth-order valence-electron chi connectivity index (χ4n) is 2.83. The Labute approximate surface area is 118 Å². The molecule has 19 heavy (non-hydrogen) atoms. The molecule has 1 aromatic carbocycles. The van der Waals surface area contributed by atoms with Crippen LogP contribution in [0.4, 0.5) is 5.82 Å². The van der Waals surface area contributed by atoms with Gasteiger partial charge in [0.15, 0.2) is 0 Å². The molecule has 2 atom stereocenters. The first kappa shape index (κ1) is 12.7. The zero-order valence-electron chi connectivity index (χ0n) is 11.3. The van der Waals surface area contributed by atoms with Crippen LogP contribution in [0.3, 0.4) is 0 Å². The van der Waals surface area contributed by atoms with E-state index in [1.807, 2.05) is 18.2 Å². The van der Waals surface area contributed by atoms with Gasteiger partial charge in [0.05, 0.1) is 5.52 Å². The van der Waals surface area contributed by atoms with E-state index in [2.05, 4.69) is 28.7 Å². The largest absolute Gasteiger partial charge is 0.353 e. The SMILES string of the molecule is CC1CCC(C)N(c2ncnc3cc(Cl)ccc23)C1. The quantitative estimate of drug-likeness (QED) is 0.790. The van der Waals surface area contributed by atoms with Crippen LogP contribution < -0.4 is 4.90 Å². The molecule has 100 valence electrons. The Kier molecular flexibility index (Phi) is 3.31. The minimum Gasteiger partial charge on any atom is -0.353 e. The first-order valence-corrected chi connectivity index (χ1v) is 7.20. The third-order valence-corrected chi connectivity index (χ3v) is 4.20. The summed E-state index contributed by atoms with van der Waals surface area (Å²) in [6.07, 6.45) is 4.16. The summed E-state index contributed by atoms with van der Waals surface area (Å²) in [6.45, 7) is 5.64. The topological polar surface area (TPSA) is 29.0 Å². The van der Waals surface area contributed by atoms with E-state index >= 15 is 0 Å². The molecule has 0 radical (unpaired) electrons. The lowest BCUT2D eigenvalue weighted by molar-refractivity contribution is 0.389. The second kappa shape index (κ2) is 4.97. The molecule has 2 aromatic rings. The van der Waals surface area contributed by atoms with Gasteiger partial charge in [0.1, 0.15) is 12.1 Å². The van der Waals surface area contributed by atoms with Crippen LogP contribution in [0.5, 0.6) is 0 Å². The van der Waals surface area contributed by atoms with E-state index in [0.717, 1.165) is 28.3 Å². The number of hydrogen-bond donors (Lipinski definition) is 0. The van der Waals surface area contributed by atoms with Crippen LogP contribution in [0.25, 0.3) is 10.9 Å². The molecular weight excluding hydrogens is 258 g/mol. The standard InChI is InChI=1S/C15H18ClN3/c1-10-3-4-11(2)19(8-10)15-13-6-5-12(16)7-14(13)17-9-18-15/h5-7,9-11H,3-4,8H2,1-2H3. The van der Waals surface area contributed by atoms with Crippen LogP contribution in [-0.2, 0) is 0 Å². The van der Waals surface area contributed by atoms with Crippen molar-refractivity contribution < 1.29 is 0 Å². The Bertz CT molecular complexity index is 599. The van der Waals surface area contributed by atoms with Crippen molar-refractivity contribution in [3.05, 3.63) is 29.5 Å². The van der Waals surface area contributed by atoms with E-state index in [0.29, 0.717) is 12.0 Å². The number of fused-ring (bicyclic) bond motifs is 1. The van der Waals surface area contributed by atoms with Crippen molar-refractivity contribution in [1.29, 1.82) is 0 Å². The van der Waals surface area contributed by atoms with Crippen LogP contribution in [0.2, 0.25) is 5.02 Å². The van der Waals surface area contributed by atoms with Gasteiger partial charge >= 0.3 is 0 Å². The maximum absolute atomic E-state index is 6.03. The number of piperidine rings is 1. The molecule has 0 spiro atoms. The van der Waals surface area contributed by atoms with Gasteiger partial charge in [-0.1, -0.05) is 18.5 Å². The molecular formula is C15H18ClN3. The van der Waals surface area contributed by atoms with Crippen LogP contribution >= 0.6 is 11.6 Å².